The summed E-state index contributed by atoms with van der Waals surface area (Å²) >= 11 is 0. The van der Waals surface area contributed by atoms with Crippen LogP contribution in [0.1, 0.15) is 24.8 Å². The molecule has 0 aromatic heterocycles. The van der Waals surface area contributed by atoms with Gasteiger partial charge in [-0.25, -0.2) is 5.84 Å². The zero-order chi connectivity index (χ0) is 14.9. The van der Waals surface area contributed by atoms with Crippen molar-refractivity contribution in [2.75, 3.05) is 0 Å². The van der Waals surface area contributed by atoms with Gasteiger partial charge in [-0.1, -0.05) is 12.8 Å². The van der Waals surface area contributed by atoms with Gasteiger partial charge in [0.2, 0.25) is 5.75 Å². The van der Waals surface area contributed by atoms with Crippen LogP contribution >= 0.6 is 0 Å². The Morgan fingerprint density at radius 3 is 2.55 bits per heavy atom. The van der Waals surface area contributed by atoms with Crippen molar-refractivity contribution < 1.29 is 20.1 Å². The van der Waals surface area contributed by atoms with Gasteiger partial charge >= 0.3 is 0 Å². The van der Waals surface area contributed by atoms with Crippen LogP contribution in [0.4, 0.5) is 0 Å². The first-order valence-corrected chi connectivity index (χ1v) is 6.44. The predicted octanol–water partition coefficient (Wildman–Crippen LogP) is 0.133. The molecule has 0 saturated heterocycles. The molecule has 2 rings (SSSR count). The van der Waals surface area contributed by atoms with Crippen molar-refractivity contribution in [2.24, 2.45) is 17.5 Å². The maximum Gasteiger partial charge on any atom is 0.253 e. The van der Waals surface area contributed by atoms with Crippen LogP contribution in [-0.4, -0.2) is 32.3 Å². The first-order chi connectivity index (χ1) is 9.40. The molecule has 1 aliphatic carbocycles. The van der Waals surface area contributed by atoms with Crippen molar-refractivity contribution in [1.82, 2.24) is 5.01 Å². The van der Waals surface area contributed by atoms with Crippen LogP contribution in [0.15, 0.2) is 12.1 Å². The molecular weight excluding hydrogens is 262 g/mol. The summed E-state index contributed by atoms with van der Waals surface area (Å²) in [5.74, 6) is 4.18. The number of rotatable bonds is 5. The van der Waals surface area contributed by atoms with Crippen molar-refractivity contribution in [1.29, 1.82) is 0 Å². The number of phenolic OH excluding ortho intramolecular Hbond substituents is 3. The number of carbonyl (C=O) groups is 1. The number of carbonyl (C=O) groups excluding carboxylic acids is 1. The van der Waals surface area contributed by atoms with Gasteiger partial charge in [0.15, 0.2) is 11.5 Å². The number of hydrogen-bond donors (Lipinski definition) is 5. The summed E-state index contributed by atoms with van der Waals surface area (Å²) in [5, 5.41) is 29.2. The molecule has 20 heavy (non-hydrogen) atoms. The smallest absolute Gasteiger partial charge is 0.253 e. The second-order valence-corrected chi connectivity index (χ2v) is 5.19. The number of nitrogens with two attached hydrogens (primary N) is 2. The number of hydrazine groups is 1. The van der Waals surface area contributed by atoms with Gasteiger partial charge in [0, 0.05) is 5.56 Å². The molecule has 1 aromatic carbocycles. The molecule has 7 nitrogen and oxygen atoms in total. The molecule has 7 N–H and O–H groups in total. The quantitative estimate of drug-likeness (QED) is 0.225. The molecule has 110 valence electrons. The number of benzene rings is 1. The third-order valence-electron chi connectivity index (χ3n) is 3.44. The first-order valence-electron chi connectivity index (χ1n) is 6.44. The van der Waals surface area contributed by atoms with E-state index in [1.807, 2.05) is 0 Å². The normalized spacial score (nSPS) is 15.9. The second kappa shape index (κ2) is 5.56. The number of amides is 1. The minimum absolute atomic E-state index is 0.100. The van der Waals surface area contributed by atoms with E-state index in [1.165, 1.54) is 12.1 Å². The van der Waals surface area contributed by atoms with Gasteiger partial charge in [-0.15, -0.1) is 0 Å². The lowest BCUT2D eigenvalue weighted by Gasteiger charge is -2.21. The lowest BCUT2D eigenvalue weighted by molar-refractivity contribution is -0.133. The Bertz CT molecular complexity index is 517. The van der Waals surface area contributed by atoms with Crippen molar-refractivity contribution in [2.45, 2.75) is 31.8 Å². The number of nitrogens with zero attached hydrogens (tertiary/aromatic N) is 1. The number of hydrogen-bond acceptors (Lipinski definition) is 6. The summed E-state index contributed by atoms with van der Waals surface area (Å²) in [6.07, 6.45) is 2.80. The second-order valence-electron chi connectivity index (χ2n) is 5.19. The van der Waals surface area contributed by atoms with Crippen LogP contribution < -0.4 is 11.6 Å². The third kappa shape index (κ3) is 3.12. The first kappa shape index (κ1) is 14.4. The fourth-order valence-corrected chi connectivity index (χ4v) is 2.03. The van der Waals surface area contributed by atoms with E-state index in [9.17, 15) is 20.1 Å². The van der Waals surface area contributed by atoms with Crippen LogP contribution in [-0.2, 0) is 11.3 Å². The molecule has 1 fully saturated rings. The van der Waals surface area contributed by atoms with Crippen molar-refractivity contribution in [3.8, 4) is 17.2 Å². The molecule has 1 amide bonds. The SMILES string of the molecule is NC(CC1CC1)C(=O)N(N)Cc1ccc(O)c(O)c1O. The van der Waals surface area contributed by atoms with Gasteiger partial charge < -0.3 is 21.1 Å². The summed E-state index contributed by atoms with van der Waals surface area (Å²) in [7, 11) is 0. The van der Waals surface area contributed by atoms with E-state index in [0.717, 1.165) is 17.9 Å². The highest BCUT2D eigenvalue weighted by atomic mass is 16.3. The molecule has 0 radical (unpaired) electrons. The van der Waals surface area contributed by atoms with E-state index >= 15 is 0 Å². The molecule has 1 atom stereocenters. The largest absolute Gasteiger partial charge is 0.504 e. The molecule has 7 heteroatoms. The fourth-order valence-electron chi connectivity index (χ4n) is 2.03. The van der Waals surface area contributed by atoms with Crippen LogP contribution in [0, 0.1) is 5.92 Å². The van der Waals surface area contributed by atoms with Crippen molar-refractivity contribution >= 4 is 5.91 Å². The Hall–Kier alpha value is -1.99. The summed E-state index contributed by atoms with van der Waals surface area (Å²) in [4.78, 5) is 12.0. The lowest BCUT2D eigenvalue weighted by Crippen LogP contribution is -2.47. The molecule has 1 aliphatic rings. The molecular formula is C13H19N3O4. The average Bonchev–Trinajstić information content (AvgIpc) is 3.22. The monoisotopic (exact) mass is 281 g/mol. The van der Waals surface area contributed by atoms with E-state index in [0.29, 0.717) is 12.3 Å². The molecule has 0 aliphatic heterocycles. The lowest BCUT2D eigenvalue weighted by atomic mass is 10.1. The van der Waals surface area contributed by atoms with Gasteiger partial charge in [0.25, 0.3) is 5.91 Å². The van der Waals surface area contributed by atoms with E-state index < -0.39 is 29.2 Å². The summed E-state index contributed by atoms with van der Waals surface area (Å²) in [6.45, 7) is -0.100. The maximum atomic E-state index is 12.0. The molecule has 0 spiro atoms. The van der Waals surface area contributed by atoms with Gasteiger partial charge in [0.1, 0.15) is 0 Å². The van der Waals surface area contributed by atoms with Gasteiger partial charge in [-0.2, -0.15) is 0 Å². The Morgan fingerprint density at radius 2 is 1.95 bits per heavy atom. The Kier molecular flexibility index (Phi) is 4.01. The van der Waals surface area contributed by atoms with E-state index in [4.69, 9.17) is 11.6 Å². The fraction of sp³-hybridized carbons (Fsp3) is 0.462. The molecule has 1 unspecified atom stereocenters. The number of phenols is 3. The Morgan fingerprint density at radius 1 is 1.30 bits per heavy atom. The minimum atomic E-state index is -0.652. The molecule has 0 heterocycles. The molecule has 1 saturated carbocycles. The van der Waals surface area contributed by atoms with E-state index in [2.05, 4.69) is 0 Å². The van der Waals surface area contributed by atoms with Gasteiger partial charge in [0.05, 0.1) is 12.6 Å². The molecule has 1 aromatic rings. The maximum absolute atomic E-state index is 12.0. The van der Waals surface area contributed by atoms with Crippen LogP contribution in [0.5, 0.6) is 17.2 Å². The third-order valence-corrected chi connectivity index (χ3v) is 3.44. The Balaban J connectivity index is 2.01. The topological polar surface area (TPSA) is 133 Å². The van der Waals surface area contributed by atoms with Crippen molar-refractivity contribution in [3.63, 3.8) is 0 Å². The predicted molar refractivity (Wildman–Crippen MR) is 71.5 cm³/mol. The zero-order valence-electron chi connectivity index (χ0n) is 11.0. The zero-order valence-corrected chi connectivity index (χ0v) is 11.0. The summed E-state index contributed by atoms with van der Waals surface area (Å²) in [5.41, 5.74) is 6.01. The van der Waals surface area contributed by atoms with E-state index in [-0.39, 0.29) is 12.1 Å². The van der Waals surface area contributed by atoms with Gasteiger partial charge in [-0.3, -0.25) is 9.80 Å². The Labute approximate surface area is 116 Å². The highest BCUT2D eigenvalue weighted by Gasteiger charge is 2.29. The number of aromatic hydroxyl groups is 3. The molecule has 0 bridgehead atoms. The highest BCUT2D eigenvalue weighted by Crippen LogP contribution is 2.37. The van der Waals surface area contributed by atoms with Crippen LogP contribution in [0.25, 0.3) is 0 Å². The minimum Gasteiger partial charge on any atom is -0.504 e. The summed E-state index contributed by atoms with van der Waals surface area (Å²) < 4.78 is 0. The van der Waals surface area contributed by atoms with Crippen LogP contribution in [0.2, 0.25) is 0 Å². The highest BCUT2D eigenvalue weighted by molar-refractivity contribution is 5.81. The average molecular weight is 281 g/mol. The standard InChI is InChI=1S/C13H19N3O4/c14-9(5-7-1-2-7)13(20)16(15)6-8-3-4-10(17)12(19)11(8)18/h3-4,7,9,17-19H,1-2,5-6,14-15H2. The van der Waals surface area contributed by atoms with Gasteiger partial charge in [-0.05, 0) is 24.5 Å². The van der Waals surface area contributed by atoms with Crippen LogP contribution in [0.3, 0.4) is 0 Å². The van der Waals surface area contributed by atoms with Crippen molar-refractivity contribution in [3.05, 3.63) is 17.7 Å². The van der Waals surface area contributed by atoms with E-state index in [1.54, 1.807) is 0 Å². The summed E-state index contributed by atoms with van der Waals surface area (Å²) in [6, 6.07) is 1.94.